The number of hydrogen-bond donors (Lipinski definition) is 1. The van der Waals surface area contributed by atoms with E-state index in [4.69, 9.17) is 4.74 Å². The van der Waals surface area contributed by atoms with E-state index in [1.165, 1.54) is 32.1 Å². The van der Waals surface area contributed by atoms with Gasteiger partial charge in [0.25, 0.3) is 0 Å². The van der Waals surface area contributed by atoms with Crippen molar-refractivity contribution in [3.63, 3.8) is 0 Å². The summed E-state index contributed by atoms with van der Waals surface area (Å²) < 4.78 is 5.77. The molecule has 17 heavy (non-hydrogen) atoms. The van der Waals surface area contributed by atoms with Crippen molar-refractivity contribution >= 4 is 0 Å². The van der Waals surface area contributed by atoms with Gasteiger partial charge in [-0.05, 0) is 50.4 Å². The molecule has 4 atom stereocenters. The third kappa shape index (κ3) is 3.45. The number of ether oxygens (including phenoxy) is 1. The quantitative estimate of drug-likeness (QED) is 0.815. The highest BCUT2D eigenvalue weighted by Crippen LogP contribution is 2.38. The van der Waals surface area contributed by atoms with Crippen LogP contribution in [0.4, 0.5) is 0 Å². The van der Waals surface area contributed by atoms with Gasteiger partial charge in [0.05, 0.1) is 6.10 Å². The van der Waals surface area contributed by atoms with Crippen molar-refractivity contribution in [1.29, 1.82) is 0 Å². The van der Waals surface area contributed by atoms with Crippen molar-refractivity contribution in [3.8, 4) is 0 Å². The Bertz CT molecular complexity index is 245. The molecule has 1 saturated carbocycles. The fourth-order valence-electron chi connectivity index (χ4n) is 3.64. The second-order valence-electron chi connectivity index (χ2n) is 7.00. The Morgan fingerprint density at radius 1 is 1.29 bits per heavy atom. The zero-order valence-corrected chi connectivity index (χ0v) is 12.0. The summed E-state index contributed by atoms with van der Waals surface area (Å²) >= 11 is 0. The van der Waals surface area contributed by atoms with Gasteiger partial charge < -0.3 is 10.1 Å². The predicted molar refractivity (Wildman–Crippen MR) is 72.2 cm³/mol. The Balaban J connectivity index is 1.82. The standard InChI is InChI=1S/C15H29NO/c1-11-10-15(3,4)8-7-13(11)16-12(2)14-6-5-9-17-14/h11-14,16H,5-10H2,1-4H3. The van der Waals surface area contributed by atoms with Crippen molar-refractivity contribution < 1.29 is 4.74 Å². The van der Waals surface area contributed by atoms with Crippen LogP contribution in [0.2, 0.25) is 0 Å². The van der Waals surface area contributed by atoms with Crippen molar-refractivity contribution in [3.05, 3.63) is 0 Å². The minimum absolute atomic E-state index is 0.456. The van der Waals surface area contributed by atoms with Crippen LogP contribution in [0.3, 0.4) is 0 Å². The van der Waals surface area contributed by atoms with Gasteiger partial charge in [-0.2, -0.15) is 0 Å². The average Bonchev–Trinajstić information content (AvgIpc) is 2.74. The molecule has 0 spiro atoms. The highest BCUT2D eigenvalue weighted by Gasteiger charge is 2.34. The Kier molecular flexibility index (Phi) is 4.14. The topological polar surface area (TPSA) is 21.3 Å². The summed E-state index contributed by atoms with van der Waals surface area (Å²) in [5.74, 6) is 0.794. The highest BCUT2D eigenvalue weighted by atomic mass is 16.5. The molecule has 0 aromatic carbocycles. The van der Waals surface area contributed by atoms with Gasteiger partial charge in [-0.25, -0.2) is 0 Å². The summed E-state index contributed by atoms with van der Waals surface area (Å²) in [4.78, 5) is 0. The average molecular weight is 239 g/mol. The van der Waals surface area contributed by atoms with E-state index in [9.17, 15) is 0 Å². The van der Waals surface area contributed by atoms with Gasteiger partial charge >= 0.3 is 0 Å². The lowest BCUT2D eigenvalue weighted by Gasteiger charge is -2.41. The van der Waals surface area contributed by atoms with E-state index in [2.05, 4.69) is 33.0 Å². The first-order chi connectivity index (χ1) is 7.98. The Morgan fingerprint density at radius 2 is 2.06 bits per heavy atom. The third-order valence-electron chi connectivity index (χ3n) is 4.69. The first kappa shape index (κ1) is 13.4. The van der Waals surface area contributed by atoms with Crippen LogP contribution < -0.4 is 5.32 Å². The molecule has 100 valence electrons. The maximum Gasteiger partial charge on any atom is 0.0726 e. The van der Waals surface area contributed by atoms with Crippen molar-refractivity contribution in [2.24, 2.45) is 11.3 Å². The van der Waals surface area contributed by atoms with Crippen LogP contribution in [0.1, 0.15) is 59.8 Å². The fraction of sp³-hybridized carbons (Fsp3) is 1.00. The second-order valence-corrected chi connectivity index (χ2v) is 7.00. The summed E-state index contributed by atoms with van der Waals surface area (Å²) in [6.45, 7) is 10.5. The summed E-state index contributed by atoms with van der Waals surface area (Å²) in [6, 6.07) is 1.22. The lowest BCUT2D eigenvalue weighted by Crippen LogP contribution is -2.49. The van der Waals surface area contributed by atoms with E-state index in [1.807, 2.05) is 0 Å². The zero-order valence-electron chi connectivity index (χ0n) is 12.0. The minimum atomic E-state index is 0.456. The van der Waals surface area contributed by atoms with Gasteiger partial charge in [-0.1, -0.05) is 20.8 Å². The van der Waals surface area contributed by atoms with Gasteiger partial charge in [0, 0.05) is 18.7 Å². The molecule has 2 rings (SSSR count). The monoisotopic (exact) mass is 239 g/mol. The molecule has 0 aromatic rings. The maximum atomic E-state index is 5.77. The first-order valence-electron chi connectivity index (χ1n) is 7.35. The Morgan fingerprint density at radius 3 is 2.65 bits per heavy atom. The van der Waals surface area contributed by atoms with Gasteiger partial charge in [0.15, 0.2) is 0 Å². The normalized spacial score (nSPS) is 39.2. The molecule has 2 aliphatic rings. The molecule has 2 nitrogen and oxygen atoms in total. The van der Waals surface area contributed by atoms with E-state index in [0.717, 1.165) is 12.5 Å². The molecule has 0 bridgehead atoms. The SMILES string of the molecule is CC1CC(C)(C)CCC1NC(C)C1CCCO1. The molecule has 1 aliphatic carbocycles. The van der Waals surface area contributed by atoms with E-state index >= 15 is 0 Å². The van der Waals surface area contributed by atoms with Crippen LogP contribution in [-0.4, -0.2) is 24.8 Å². The van der Waals surface area contributed by atoms with Crippen LogP contribution >= 0.6 is 0 Å². The van der Waals surface area contributed by atoms with Crippen LogP contribution in [0.15, 0.2) is 0 Å². The molecule has 1 heterocycles. The second kappa shape index (κ2) is 5.27. The number of nitrogens with one attached hydrogen (secondary N) is 1. The van der Waals surface area contributed by atoms with Crippen LogP contribution in [-0.2, 0) is 4.74 Å². The molecule has 1 aliphatic heterocycles. The number of rotatable bonds is 3. The molecular formula is C15H29NO. The third-order valence-corrected chi connectivity index (χ3v) is 4.69. The van der Waals surface area contributed by atoms with E-state index in [0.29, 0.717) is 23.6 Å². The lowest BCUT2D eigenvalue weighted by molar-refractivity contribution is 0.0653. The summed E-state index contributed by atoms with van der Waals surface area (Å²) in [5, 5.41) is 3.82. The molecule has 1 N–H and O–H groups in total. The summed E-state index contributed by atoms with van der Waals surface area (Å²) in [6.07, 6.45) is 6.96. The minimum Gasteiger partial charge on any atom is -0.377 e. The van der Waals surface area contributed by atoms with Crippen molar-refractivity contribution in [1.82, 2.24) is 5.32 Å². The van der Waals surface area contributed by atoms with Crippen molar-refractivity contribution in [2.45, 2.75) is 78.0 Å². The van der Waals surface area contributed by atoms with Crippen molar-refractivity contribution in [2.75, 3.05) is 6.61 Å². The van der Waals surface area contributed by atoms with Crippen LogP contribution in [0.25, 0.3) is 0 Å². The molecule has 0 aromatic heterocycles. The fourth-order valence-corrected chi connectivity index (χ4v) is 3.64. The largest absolute Gasteiger partial charge is 0.377 e. The molecular weight excluding hydrogens is 210 g/mol. The Labute approximate surface area is 107 Å². The summed E-state index contributed by atoms with van der Waals surface area (Å²) in [7, 11) is 0. The molecule has 2 fully saturated rings. The summed E-state index contributed by atoms with van der Waals surface area (Å²) in [5.41, 5.74) is 0.546. The Hall–Kier alpha value is -0.0800. The number of hydrogen-bond acceptors (Lipinski definition) is 2. The molecule has 0 amide bonds. The van der Waals surface area contributed by atoms with Gasteiger partial charge in [-0.3, -0.25) is 0 Å². The smallest absolute Gasteiger partial charge is 0.0726 e. The van der Waals surface area contributed by atoms with E-state index in [-0.39, 0.29) is 0 Å². The maximum absolute atomic E-state index is 5.77. The molecule has 2 heteroatoms. The van der Waals surface area contributed by atoms with Gasteiger partial charge in [0.1, 0.15) is 0 Å². The zero-order chi connectivity index (χ0) is 12.5. The molecule has 4 unspecified atom stereocenters. The highest BCUT2D eigenvalue weighted by molar-refractivity contribution is 4.89. The van der Waals surface area contributed by atoms with Gasteiger partial charge in [0.2, 0.25) is 0 Å². The first-order valence-corrected chi connectivity index (χ1v) is 7.35. The van der Waals surface area contributed by atoms with Gasteiger partial charge in [-0.15, -0.1) is 0 Å². The predicted octanol–water partition coefficient (Wildman–Crippen LogP) is 3.36. The van der Waals surface area contributed by atoms with E-state index in [1.54, 1.807) is 0 Å². The molecule has 0 radical (unpaired) electrons. The molecule has 1 saturated heterocycles. The van der Waals surface area contributed by atoms with E-state index < -0.39 is 0 Å². The van der Waals surface area contributed by atoms with Crippen LogP contribution in [0.5, 0.6) is 0 Å². The lowest BCUT2D eigenvalue weighted by atomic mass is 9.70. The van der Waals surface area contributed by atoms with Crippen LogP contribution in [0, 0.1) is 11.3 Å².